The molecule has 0 amide bonds. The molecule has 6 heteroatoms. The van der Waals surface area contributed by atoms with Crippen molar-refractivity contribution >= 4 is 5.82 Å². The topological polar surface area (TPSA) is 57.2 Å². The van der Waals surface area contributed by atoms with E-state index in [4.69, 9.17) is 4.98 Å². The molecule has 2 aliphatic heterocycles. The van der Waals surface area contributed by atoms with Gasteiger partial charge in [-0.25, -0.2) is 4.98 Å². The van der Waals surface area contributed by atoms with Crippen molar-refractivity contribution in [1.82, 2.24) is 25.4 Å². The average molecular weight is 262 g/mol. The number of aromatic nitrogens is 3. The summed E-state index contributed by atoms with van der Waals surface area (Å²) in [6.07, 6.45) is 4.08. The summed E-state index contributed by atoms with van der Waals surface area (Å²) in [7, 11) is 2.17. The van der Waals surface area contributed by atoms with Crippen LogP contribution in [0.2, 0.25) is 0 Å². The number of anilines is 1. The molecular weight excluding hydrogens is 240 g/mol. The first-order valence-electron chi connectivity index (χ1n) is 7.17. The molecule has 3 rings (SSSR count). The lowest BCUT2D eigenvalue weighted by Crippen LogP contribution is -2.44. The number of hydrogen-bond donors (Lipinski definition) is 1. The maximum absolute atomic E-state index is 4.75. The number of likely N-dealkylation sites (tertiary alicyclic amines) is 1. The van der Waals surface area contributed by atoms with Gasteiger partial charge in [-0.1, -0.05) is 0 Å². The molecule has 2 aliphatic rings. The van der Waals surface area contributed by atoms with Crippen LogP contribution >= 0.6 is 0 Å². The fourth-order valence-electron chi connectivity index (χ4n) is 2.79. The minimum Gasteiger partial charge on any atom is -0.353 e. The van der Waals surface area contributed by atoms with Gasteiger partial charge in [0.25, 0.3) is 0 Å². The van der Waals surface area contributed by atoms with Gasteiger partial charge in [-0.05, 0) is 33.0 Å². The number of rotatable bonds is 2. The zero-order valence-corrected chi connectivity index (χ0v) is 11.5. The zero-order valence-electron chi connectivity index (χ0n) is 11.5. The number of piperidine rings is 1. The molecule has 1 aromatic heterocycles. The molecule has 0 bridgehead atoms. The molecule has 0 saturated carbocycles. The SMILES string of the molecule is CN1CCC(c2nncc(N3CCNCC3)n2)CC1. The zero-order chi connectivity index (χ0) is 13.1. The van der Waals surface area contributed by atoms with Gasteiger partial charge in [-0.15, -0.1) is 5.10 Å². The quantitative estimate of drug-likeness (QED) is 0.815. The molecule has 1 N–H and O–H groups in total. The Balaban J connectivity index is 1.72. The summed E-state index contributed by atoms with van der Waals surface area (Å²) in [6, 6.07) is 0. The van der Waals surface area contributed by atoms with Gasteiger partial charge in [0.05, 0.1) is 6.20 Å². The Bertz CT molecular complexity index is 409. The first-order valence-corrected chi connectivity index (χ1v) is 7.17. The molecule has 1 aromatic rings. The summed E-state index contributed by atoms with van der Waals surface area (Å²) in [5.41, 5.74) is 0. The van der Waals surface area contributed by atoms with Crippen molar-refractivity contribution in [1.29, 1.82) is 0 Å². The van der Waals surface area contributed by atoms with Crippen molar-refractivity contribution in [2.24, 2.45) is 0 Å². The van der Waals surface area contributed by atoms with E-state index in [-0.39, 0.29) is 0 Å². The molecule has 2 saturated heterocycles. The third-order valence-corrected chi connectivity index (χ3v) is 4.09. The third kappa shape index (κ3) is 3.01. The van der Waals surface area contributed by atoms with E-state index < -0.39 is 0 Å². The van der Waals surface area contributed by atoms with Crippen LogP contribution in [-0.2, 0) is 0 Å². The molecule has 0 aromatic carbocycles. The van der Waals surface area contributed by atoms with E-state index in [1.54, 1.807) is 6.20 Å². The van der Waals surface area contributed by atoms with E-state index in [1.807, 2.05) is 0 Å². The van der Waals surface area contributed by atoms with Crippen LogP contribution in [0, 0.1) is 0 Å². The summed E-state index contributed by atoms with van der Waals surface area (Å²) < 4.78 is 0. The highest BCUT2D eigenvalue weighted by Crippen LogP contribution is 2.25. The highest BCUT2D eigenvalue weighted by atomic mass is 15.3. The van der Waals surface area contributed by atoms with Gasteiger partial charge in [0, 0.05) is 32.1 Å². The Morgan fingerprint density at radius 1 is 1.16 bits per heavy atom. The predicted octanol–water partition coefficient (Wildman–Crippen LogP) is 0.0904. The minimum atomic E-state index is 0.478. The first-order chi connectivity index (χ1) is 9.33. The van der Waals surface area contributed by atoms with Crippen LogP contribution in [-0.4, -0.2) is 66.4 Å². The van der Waals surface area contributed by atoms with Crippen molar-refractivity contribution in [2.45, 2.75) is 18.8 Å². The van der Waals surface area contributed by atoms with Crippen molar-refractivity contribution in [3.63, 3.8) is 0 Å². The monoisotopic (exact) mass is 262 g/mol. The average Bonchev–Trinajstić information content (AvgIpc) is 2.49. The fourth-order valence-corrected chi connectivity index (χ4v) is 2.79. The third-order valence-electron chi connectivity index (χ3n) is 4.09. The number of nitrogens with one attached hydrogen (secondary N) is 1. The molecule has 0 unspecified atom stereocenters. The molecule has 0 aliphatic carbocycles. The van der Waals surface area contributed by atoms with Crippen LogP contribution < -0.4 is 10.2 Å². The number of nitrogens with zero attached hydrogens (tertiary/aromatic N) is 5. The Hall–Kier alpha value is -1.27. The van der Waals surface area contributed by atoms with Crippen LogP contribution in [0.25, 0.3) is 0 Å². The van der Waals surface area contributed by atoms with Gasteiger partial charge in [-0.2, -0.15) is 5.10 Å². The summed E-state index contributed by atoms with van der Waals surface area (Å²) in [4.78, 5) is 9.41. The number of piperazine rings is 1. The largest absolute Gasteiger partial charge is 0.353 e. The van der Waals surface area contributed by atoms with Crippen LogP contribution in [0.4, 0.5) is 5.82 Å². The van der Waals surface area contributed by atoms with Gasteiger partial charge in [0.2, 0.25) is 0 Å². The maximum atomic E-state index is 4.75. The summed E-state index contributed by atoms with van der Waals surface area (Å²) in [5.74, 6) is 2.40. The molecule has 19 heavy (non-hydrogen) atoms. The number of hydrogen-bond acceptors (Lipinski definition) is 6. The fraction of sp³-hybridized carbons (Fsp3) is 0.769. The second kappa shape index (κ2) is 5.79. The molecular formula is C13H22N6. The standard InChI is InChI=1S/C13H22N6/c1-18-6-2-11(3-7-18)13-16-12(10-15-17-13)19-8-4-14-5-9-19/h10-11,14H,2-9H2,1H3. The van der Waals surface area contributed by atoms with Crippen molar-refractivity contribution in [2.75, 3.05) is 51.2 Å². The second-order valence-corrected chi connectivity index (χ2v) is 5.49. The normalized spacial score (nSPS) is 22.7. The second-order valence-electron chi connectivity index (χ2n) is 5.49. The van der Waals surface area contributed by atoms with E-state index in [2.05, 4.69) is 32.4 Å². The van der Waals surface area contributed by atoms with Gasteiger partial charge in [-0.3, -0.25) is 0 Å². The molecule has 6 nitrogen and oxygen atoms in total. The Labute approximate surface area is 114 Å². The molecule has 0 spiro atoms. The van der Waals surface area contributed by atoms with Crippen molar-refractivity contribution in [3.05, 3.63) is 12.0 Å². The summed E-state index contributed by atoms with van der Waals surface area (Å²) in [5, 5.41) is 11.8. The summed E-state index contributed by atoms with van der Waals surface area (Å²) in [6.45, 7) is 6.32. The minimum absolute atomic E-state index is 0.478. The highest BCUT2D eigenvalue weighted by Gasteiger charge is 2.22. The van der Waals surface area contributed by atoms with E-state index in [1.165, 1.54) is 0 Å². The van der Waals surface area contributed by atoms with Crippen LogP contribution in [0.15, 0.2) is 6.20 Å². The van der Waals surface area contributed by atoms with Gasteiger partial charge in [0.15, 0.2) is 11.6 Å². The molecule has 3 heterocycles. The van der Waals surface area contributed by atoms with Crippen LogP contribution in [0.5, 0.6) is 0 Å². The highest BCUT2D eigenvalue weighted by molar-refractivity contribution is 5.36. The van der Waals surface area contributed by atoms with E-state index in [0.29, 0.717) is 5.92 Å². The first kappa shape index (κ1) is 12.7. The van der Waals surface area contributed by atoms with E-state index in [0.717, 1.165) is 63.8 Å². The maximum Gasteiger partial charge on any atom is 0.156 e. The summed E-state index contributed by atoms with van der Waals surface area (Å²) >= 11 is 0. The molecule has 2 fully saturated rings. The van der Waals surface area contributed by atoms with Gasteiger partial charge < -0.3 is 15.1 Å². The smallest absolute Gasteiger partial charge is 0.156 e. The predicted molar refractivity (Wildman–Crippen MR) is 74.4 cm³/mol. The van der Waals surface area contributed by atoms with Gasteiger partial charge in [0.1, 0.15) is 0 Å². The Morgan fingerprint density at radius 2 is 1.89 bits per heavy atom. The van der Waals surface area contributed by atoms with E-state index >= 15 is 0 Å². The lowest BCUT2D eigenvalue weighted by molar-refractivity contribution is 0.250. The van der Waals surface area contributed by atoms with Crippen LogP contribution in [0.1, 0.15) is 24.6 Å². The lowest BCUT2D eigenvalue weighted by Gasteiger charge is -2.30. The molecule has 104 valence electrons. The lowest BCUT2D eigenvalue weighted by atomic mass is 9.96. The van der Waals surface area contributed by atoms with Crippen molar-refractivity contribution in [3.8, 4) is 0 Å². The Morgan fingerprint density at radius 3 is 2.63 bits per heavy atom. The molecule has 0 atom stereocenters. The van der Waals surface area contributed by atoms with E-state index in [9.17, 15) is 0 Å². The van der Waals surface area contributed by atoms with Gasteiger partial charge >= 0.3 is 0 Å². The van der Waals surface area contributed by atoms with Crippen molar-refractivity contribution < 1.29 is 0 Å². The molecule has 0 radical (unpaired) electrons. The van der Waals surface area contributed by atoms with Crippen LogP contribution in [0.3, 0.4) is 0 Å². The Kier molecular flexibility index (Phi) is 3.89.